The predicted octanol–water partition coefficient (Wildman–Crippen LogP) is 3.14. The largest absolute Gasteiger partial charge is 0.312 e. The van der Waals surface area contributed by atoms with Crippen LogP contribution in [0.2, 0.25) is 0 Å². The molecule has 15 heavy (non-hydrogen) atoms. The van der Waals surface area contributed by atoms with Crippen LogP contribution < -0.4 is 5.32 Å². The maximum absolute atomic E-state index is 3.50. The van der Waals surface area contributed by atoms with Crippen molar-refractivity contribution < 1.29 is 0 Å². The zero-order valence-electron chi connectivity index (χ0n) is 10.1. The zero-order chi connectivity index (χ0) is 11.3. The van der Waals surface area contributed by atoms with E-state index in [4.69, 9.17) is 0 Å². The SMILES string of the molecule is CSC(C)CNCc1cccc(C)c1C. The number of benzene rings is 1. The topological polar surface area (TPSA) is 12.0 Å². The summed E-state index contributed by atoms with van der Waals surface area (Å²) in [4.78, 5) is 0. The molecule has 2 heteroatoms. The van der Waals surface area contributed by atoms with Gasteiger partial charge < -0.3 is 5.32 Å². The summed E-state index contributed by atoms with van der Waals surface area (Å²) in [6.45, 7) is 8.68. The van der Waals surface area contributed by atoms with E-state index in [0.29, 0.717) is 5.25 Å². The van der Waals surface area contributed by atoms with E-state index in [0.717, 1.165) is 13.1 Å². The number of aryl methyl sites for hydroxylation is 1. The van der Waals surface area contributed by atoms with E-state index in [1.807, 2.05) is 11.8 Å². The fourth-order valence-corrected chi connectivity index (χ4v) is 1.78. The van der Waals surface area contributed by atoms with Crippen molar-refractivity contribution in [3.63, 3.8) is 0 Å². The second kappa shape index (κ2) is 6.19. The van der Waals surface area contributed by atoms with Crippen molar-refractivity contribution in [3.05, 3.63) is 34.9 Å². The average Bonchev–Trinajstić information content (AvgIpc) is 2.24. The molecule has 84 valence electrons. The van der Waals surface area contributed by atoms with Crippen LogP contribution in [-0.4, -0.2) is 18.1 Å². The normalized spacial score (nSPS) is 12.8. The lowest BCUT2D eigenvalue weighted by Gasteiger charge is -2.12. The van der Waals surface area contributed by atoms with Crippen molar-refractivity contribution in [3.8, 4) is 0 Å². The van der Waals surface area contributed by atoms with Gasteiger partial charge >= 0.3 is 0 Å². The third-order valence-corrected chi connectivity index (χ3v) is 3.84. The Labute approximate surface area is 97.7 Å². The van der Waals surface area contributed by atoms with Crippen molar-refractivity contribution >= 4 is 11.8 Å². The minimum absolute atomic E-state index is 0.690. The first-order valence-corrected chi connectivity index (χ1v) is 6.72. The Morgan fingerprint density at radius 2 is 2.07 bits per heavy atom. The molecule has 0 fully saturated rings. The van der Waals surface area contributed by atoms with Crippen molar-refractivity contribution in [2.24, 2.45) is 0 Å². The Bertz CT molecular complexity index is 309. The Hall–Kier alpha value is -0.470. The summed E-state index contributed by atoms with van der Waals surface area (Å²) in [6.07, 6.45) is 2.16. The van der Waals surface area contributed by atoms with Crippen LogP contribution in [0.15, 0.2) is 18.2 Å². The van der Waals surface area contributed by atoms with Gasteiger partial charge in [-0.1, -0.05) is 25.1 Å². The third-order valence-electron chi connectivity index (χ3n) is 2.87. The Morgan fingerprint density at radius 1 is 1.33 bits per heavy atom. The lowest BCUT2D eigenvalue weighted by molar-refractivity contribution is 0.682. The van der Waals surface area contributed by atoms with Crippen LogP contribution >= 0.6 is 11.8 Å². The zero-order valence-corrected chi connectivity index (χ0v) is 10.9. The van der Waals surface area contributed by atoms with Gasteiger partial charge in [0.25, 0.3) is 0 Å². The van der Waals surface area contributed by atoms with E-state index in [9.17, 15) is 0 Å². The fraction of sp³-hybridized carbons (Fsp3) is 0.538. The number of thioether (sulfide) groups is 1. The van der Waals surface area contributed by atoms with E-state index in [2.05, 4.69) is 50.5 Å². The van der Waals surface area contributed by atoms with Crippen molar-refractivity contribution in [2.75, 3.05) is 12.8 Å². The van der Waals surface area contributed by atoms with E-state index in [1.54, 1.807) is 0 Å². The molecule has 1 aromatic rings. The molecule has 0 aliphatic rings. The van der Waals surface area contributed by atoms with Gasteiger partial charge in [0.1, 0.15) is 0 Å². The Balaban J connectivity index is 2.47. The van der Waals surface area contributed by atoms with Gasteiger partial charge in [-0.15, -0.1) is 0 Å². The second-order valence-corrected chi connectivity index (χ2v) is 5.31. The number of nitrogens with one attached hydrogen (secondary N) is 1. The first-order valence-electron chi connectivity index (χ1n) is 5.43. The number of hydrogen-bond acceptors (Lipinski definition) is 2. The molecular formula is C13H21NS. The summed E-state index contributed by atoms with van der Waals surface area (Å²) >= 11 is 1.90. The first kappa shape index (κ1) is 12.6. The highest BCUT2D eigenvalue weighted by Gasteiger charge is 2.01. The molecule has 1 atom stereocenters. The highest BCUT2D eigenvalue weighted by Crippen LogP contribution is 2.12. The molecule has 1 rings (SSSR count). The second-order valence-electron chi connectivity index (χ2n) is 4.04. The predicted molar refractivity (Wildman–Crippen MR) is 70.6 cm³/mol. The standard InChI is InChI=1S/C13H21NS/c1-10-6-5-7-13(12(10)3)9-14-8-11(2)15-4/h5-7,11,14H,8-9H2,1-4H3. The smallest absolute Gasteiger partial charge is 0.0208 e. The summed E-state index contributed by atoms with van der Waals surface area (Å²) in [6, 6.07) is 6.51. The molecule has 0 saturated heterocycles. The quantitative estimate of drug-likeness (QED) is 0.823. The van der Waals surface area contributed by atoms with Crippen molar-refractivity contribution in [1.82, 2.24) is 5.32 Å². The Morgan fingerprint density at radius 3 is 2.73 bits per heavy atom. The van der Waals surface area contributed by atoms with E-state index < -0.39 is 0 Å². The molecule has 0 spiro atoms. The summed E-state index contributed by atoms with van der Waals surface area (Å²) in [5.74, 6) is 0. The van der Waals surface area contributed by atoms with Gasteiger partial charge in [-0.05, 0) is 36.8 Å². The molecule has 1 unspecified atom stereocenters. The number of hydrogen-bond donors (Lipinski definition) is 1. The highest BCUT2D eigenvalue weighted by atomic mass is 32.2. The molecule has 1 N–H and O–H groups in total. The molecule has 1 aromatic carbocycles. The van der Waals surface area contributed by atoms with Crippen LogP contribution in [0.3, 0.4) is 0 Å². The van der Waals surface area contributed by atoms with Crippen LogP contribution in [0.1, 0.15) is 23.6 Å². The molecule has 0 saturated carbocycles. The van der Waals surface area contributed by atoms with Crippen molar-refractivity contribution in [1.29, 1.82) is 0 Å². The van der Waals surface area contributed by atoms with Gasteiger partial charge in [-0.2, -0.15) is 11.8 Å². The molecule has 0 radical (unpaired) electrons. The van der Waals surface area contributed by atoms with E-state index >= 15 is 0 Å². The average molecular weight is 223 g/mol. The molecule has 0 aliphatic heterocycles. The van der Waals surface area contributed by atoms with Gasteiger partial charge in [0.2, 0.25) is 0 Å². The van der Waals surface area contributed by atoms with Gasteiger partial charge in [0.05, 0.1) is 0 Å². The molecule has 0 bridgehead atoms. The molecule has 1 nitrogen and oxygen atoms in total. The molecular weight excluding hydrogens is 202 g/mol. The van der Waals surface area contributed by atoms with Crippen LogP contribution in [0.5, 0.6) is 0 Å². The Kier molecular flexibility index (Phi) is 5.20. The summed E-state index contributed by atoms with van der Waals surface area (Å²) in [5.41, 5.74) is 4.22. The van der Waals surface area contributed by atoms with Gasteiger partial charge in [0.15, 0.2) is 0 Å². The van der Waals surface area contributed by atoms with Crippen LogP contribution in [0.25, 0.3) is 0 Å². The maximum atomic E-state index is 3.50. The molecule has 0 aliphatic carbocycles. The number of rotatable bonds is 5. The van der Waals surface area contributed by atoms with Crippen molar-refractivity contribution in [2.45, 2.75) is 32.6 Å². The van der Waals surface area contributed by atoms with Crippen LogP contribution in [-0.2, 0) is 6.54 Å². The minimum Gasteiger partial charge on any atom is -0.312 e. The fourth-order valence-electron chi connectivity index (χ4n) is 1.50. The first-order chi connectivity index (χ1) is 7.15. The lowest BCUT2D eigenvalue weighted by atomic mass is 10.0. The summed E-state index contributed by atoms with van der Waals surface area (Å²) in [7, 11) is 0. The third kappa shape index (κ3) is 3.88. The molecule has 0 heterocycles. The molecule has 0 amide bonds. The van der Waals surface area contributed by atoms with Gasteiger partial charge in [-0.25, -0.2) is 0 Å². The monoisotopic (exact) mass is 223 g/mol. The minimum atomic E-state index is 0.690. The lowest BCUT2D eigenvalue weighted by Crippen LogP contribution is -2.22. The van der Waals surface area contributed by atoms with Gasteiger partial charge in [0, 0.05) is 18.3 Å². The van der Waals surface area contributed by atoms with Crippen LogP contribution in [0.4, 0.5) is 0 Å². The summed E-state index contributed by atoms with van der Waals surface area (Å²) in [5, 5.41) is 4.19. The molecule has 0 aromatic heterocycles. The summed E-state index contributed by atoms with van der Waals surface area (Å²) < 4.78 is 0. The van der Waals surface area contributed by atoms with E-state index in [1.165, 1.54) is 16.7 Å². The van der Waals surface area contributed by atoms with Crippen LogP contribution in [0, 0.1) is 13.8 Å². The van der Waals surface area contributed by atoms with E-state index in [-0.39, 0.29) is 0 Å². The highest BCUT2D eigenvalue weighted by molar-refractivity contribution is 7.99. The maximum Gasteiger partial charge on any atom is 0.0208 e. The van der Waals surface area contributed by atoms with Gasteiger partial charge in [-0.3, -0.25) is 0 Å².